The van der Waals surface area contributed by atoms with Crippen molar-refractivity contribution in [3.05, 3.63) is 28.8 Å². The average Bonchev–Trinajstić information content (AvgIpc) is 2.88. The van der Waals surface area contributed by atoms with Crippen LogP contribution in [-0.2, 0) is 19.9 Å². The van der Waals surface area contributed by atoms with Crippen molar-refractivity contribution in [2.45, 2.75) is 29.5 Å². The van der Waals surface area contributed by atoms with Crippen LogP contribution in [0.25, 0.3) is 0 Å². The lowest BCUT2D eigenvalue weighted by molar-refractivity contribution is 0.402. The molecule has 0 spiro atoms. The lowest BCUT2D eigenvalue weighted by atomic mass is 10.2. The molecule has 0 amide bonds. The summed E-state index contributed by atoms with van der Waals surface area (Å²) in [5, 5.41) is -0.162. The fourth-order valence-electron chi connectivity index (χ4n) is 2.95. The molecule has 2 bridgehead atoms. The normalized spacial score (nSPS) is 28.9. The van der Waals surface area contributed by atoms with Gasteiger partial charge in [0.25, 0.3) is 0 Å². The van der Waals surface area contributed by atoms with Crippen LogP contribution in [-0.4, -0.2) is 44.7 Å². The minimum atomic E-state index is -3.69. The topological polar surface area (TPSA) is 71.5 Å². The summed E-state index contributed by atoms with van der Waals surface area (Å²) >= 11 is 5.97. The number of benzene rings is 1. The van der Waals surface area contributed by atoms with Crippen molar-refractivity contribution in [1.29, 1.82) is 0 Å². The summed E-state index contributed by atoms with van der Waals surface area (Å²) in [4.78, 5) is 0.162. The van der Waals surface area contributed by atoms with E-state index in [0.29, 0.717) is 17.0 Å². The lowest BCUT2D eigenvalue weighted by Gasteiger charge is -2.26. The van der Waals surface area contributed by atoms with E-state index in [4.69, 9.17) is 11.6 Å². The van der Waals surface area contributed by atoms with Crippen LogP contribution < -0.4 is 0 Å². The van der Waals surface area contributed by atoms with Crippen molar-refractivity contribution in [2.24, 2.45) is 0 Å². The van der Waals surface area contributed by atoms with E-state index < -0.39 is 31.2 Å². The molecule has 2 unspecified atom stereocenters. The lowest BCUT2D eigenvalue weighted by Crippen LogP contribution is -2.44. The molecule has 2 atom stereocenters. The quantitative estimate of drug-likeness (QED) is 0.814. The van der Waals surface area contributed by atoms with E-state index in [-0.39, 0.29) is 17.2 Å². The third-order valence-corrected chi connectivity index (χ3v) is 8.74. The van der Waals surface area contributed by atoms with E-state index >= 15 is 0 Å². The van der Waals surface area contributed by atoms with E-state index in [0.717, 1.165) is 0 Å². The van der Waals surface area contributed by atoms with Crippen LogP contribution in [0.4, 0.5) is 0 Å². The van der Waals surface area contributed by atoms with Gasteiger partial charge in [0.05, 0.1) is 15.9 Å². The summed E-state index contributed by atoms with van der Waals surface area (Å²) in [6.45, 7) is 1.71. The Kier molecular flexibility index (Phi) is 3.17. The maximum atomic E-state index is 12.7. The van der Waals surface area contributed by atoms with Crippen LogP contribution >= 0.6 is 11.6 Å². The Balaban J connectivity index is 2.02. The molecule has 0 saturated carbocycles. The number of rotatable bonds is 2. The Morgan fingerprint density at radius 2 is 2.05 bits per heavy atom. The first kappa shape index (κ1) is 14.3. The summed E-state index contributed by atoms with van der Waals surface area (Å²) in [5.41, 5.74) is 0.500. The molecule has 0 N–H and O–H groups in total. The van der Waals surface area contributed by atoms with E-state index in [1.165, 1.54) is 10.4 Å². The molecule has 3 rings (SSSR count). The molecule has 2 aliphatic rings. The molecule has 20 heavy (non-hydrogen) atoms. The second-order valence-corrected chi connectivity index (χ2v) is 9.87. The Bertz CT molecular complexity index is 773. The summed E-state index contributed by atoms with van der Waals surface area (Å²) in [7, 11) is -6.80. The minimum Gasteiger partial charge on any atom is -0.228 e. The molecule has 0 aromatic heterocycles. The summed E-state index contributed by atoms with van der Waals surface area (Å²) < 4.78 is 50.1. The zero-order chi connectivity index (χ0) is 14.7. The van der Waals surface area contributed by atoms with Crippen LogP contribution in [0.2, 0.25) is 5.02 Å². The third-order valence-electron chi connectivity index (χ3n) is 4.06. The molecule has 8 heteroatoms. The molecule has 2 aliphatic heterocycles. The van der Waals surface area contributed by atoms with E-state index in [9.17, 15) is 16.8 Å². The van der Waals surface area contributed by atoms with Gasteiger partial charge in [0.1, 0.15) is 0 Å². The highest BCUT2D eigenvalue weighted by Crippen LogP contribution is 2.37. The number of fused-ring (bicyclic) bond motifs is 2. The molecule has 2 saturated heterocycles. The summed E-state index contributed by atoms with van der Waals surface area (Å²) in [5.74, 6) is -0.0729. The number of halogens is 1. The molecule has 5 nitrogen and oxygen atoms in total. The molecular formula is C12H14ClNO4S2. The van der Waals surface area contributed by atoms with Crippen LogP contribution in [0.3, 0.4) is 0 Å². The number of sulfonamides is 1. The van der Waals surface area contributed by atoms with Crippen molar-refractivity contribution in [1.82, 2.24) is 4.31 Å². The van der Waals surface area contributed by atoms with E-state index in [1.807, 2.05) is 0 Å². The standard InChI is InChI=1S/C12H14ClNO4S2/c1-8-11(13)3-2-4-12(8)20(17,18)14-6-10-5-9(14)7-19(10,15)16/h2-4,9-10H,5-7H2,1H3. The molecular weight excluding hydrogens is 322 g/mol. The second-order valence-electron chi connectivity index (χ2n) is 5.28. The average molecular weight is 336 g/mol. The van der Waals surface area contributed by atoms with Crippen molar-refractivity contribution >= 4 is 31.5 Å². The smallest absolute Gasteiger partial charge is 0.228 e. The zero-order valence-corrected chi connectivity index (χ0v) is 13.2. The number of hydrogen-bond acceptors (Lipinski definition) is 4. The van der Waals surface area contributed by atoms with Gasteiger partial charge in [-0.3, -0.25) is 0 Å². The van der Waals surface area contributed by atoms with Crippen molar-refractivity contribution in [3.63, 3.8) is 0 Å². The van der Waals surface area contributed by atoms with Gasteiger partial charge in [-0.15, -0.1) is 0 Å². The van der Waals surface area contributed by atoms with Crippen molar-refractivity contribution in [3.8, 4) is 0 Å². The predicted molar refractivity (Wildman–Crippen MR) is 76.1 cm³/mol. The Morgan fingerprint density at radius 1 is 1.35 bits per heavy atom. The zero-order valence-electron chi connectivity index (χ0n) is 10.8. The Labute approximate surface area is 123 Å². The Morgan fingerprint density at radius 3 is 2.60 bits per heavy atom. The summed E-state index contributed by atoms with van der Waals surface area (Å²) in [6.07, 6.45) is 0.404. The number of hydrogen-bond donors (Lipinski definition) is 0. The van der Waals surface area contributed by atoms with Gasteiger partial charge in [0.15, 0.2) is 9.84 Å². The molecule has 1 aromatic rings. The van der Waals surface area contributed by atoms with Gasteiger partial charge in [-0.25, -0.2) is 16.8 Å². The highest BCUT2D eigenvalue weighted by molar-refractivity contribution is 7.93. The van der Waals surface area contributed by atoms with Gasteiger partial charge in [0, 0.05) is 17.6 Å². The fraction of sp³-hybridized carbons (Fsp3) is 0.500. The van der Waals surface area contributed by atoms with Crippen LogP contribution in [0.15, 0.2) is 23.1 Å². The van der Waals surface area contributed by atoms with Crippen LogP contribution in [0, 0.1) is 6.92 Å². The van der Waals surface area contributed by atoms with Gasteiger partial charge in [-0.05, 0) is 31.0 Å². The Hall–Kier alpha value is -0.630. The monoisotopic (exact) mass is 335 g/mol. The molecule has 2 heterocycles. The van der Waals surface area contributed by atoms with Gasteiger partial charge >= 0.3 is 0 Å². The highest BCUT2D eigenvalue weighted by atomic mass is 35.5. The molecule has 0 radical (unpaired) electrons. The fourth-order valence-corrected chi connectivity index (χ4v) is 7.33. The molecule has 1 aromatic carbocycles. The SMILES string of the molecule is Cc1c(Cl)cccc1S(=O)(=O)N1CC2CC1CS2(=O)=O. The first-order chi connectivity index (χ1) is 9.23. The first-order valence-corrected chi connectivity index (χ1v) is 9.75. The van der Waals surface area contributed by atoms with Crippen LogP contribution in [0.1, 0.15) is 12.0 Å². The van der Waals surface area contributed by atoms with Crippen molar-refractivity contribution in [2.75, 3.05) is 12.3 Å². The first-order valence-electron chi connectivity index (χ1n) is 6.22. The van der Waals surface area contributed by atoms with Gasteiger partial charge in [0.2, 0.25) is 10.0 Å². The van der Waals surface area contributed by atoms with E-state index in [2.05, 4.69) is 0 Å². The van der Waals surface area contributed by atoms with Crippen LogP contribution in [0.5, 0.6) is 0 Å². The van der Waals surface area contributed by atoms with E-state index in [1.54, 1.807) is 19.1 Å². The van der Waals surface area contributed by atoms with Gasteiger partial charge in [-0.1, -0.05) is 17.7 Å². The third kappa shape index (κ3) is 1.99. The van der Waals surface area contributed by atoms with Gasteiger partial charge < -0.3 is 0 Å². The number of nitrogens with zero attached hydrogens (tertiary/aromatic N) is 1. The second kappa shape index (κ2) is 4.43. The highest BCUT2D eigenvalue weighted by Gasteiger charge is 2.52. The minimum absolute atomic E-state index is 0.0568. The van der Waals surface area contributed by atoms with Crippen molar-refractivity contribution < 1.29 is 16.8 Å². The maximum absolute atomic E-state index is 12.7. The molecule has 2 fully saturated rings. The molecule has 0 aliphatic carbocycles. The summed E-state index contributed by atoms with van der Waals surface area (Å²) in [6, 6.07) is 4.30. The number of sulfone groups is 1. The van der Waals surface area contributed by atoms with Gasteiger partial charge in [-0.2, -0.15) is 4.31 Å². The maximum Gasteiger partial charge on any atom is 0.243 e. The largest absolute Gasteiger partial charge is 0.243 e. The predicted octanol–water partition coefficient (Wildman–Crippen LogP) is 1.21. The molecule has 110 valence electrons.